The summed E-state index contributed by atoms with van der Waals surface area (Å²) in [6, 6.07) is 3.55. The quantitative estimate of drug-likeness (QED) is 0.0460. The lowest BCUT2D eigenvalue weighted by molar-refractivity contribution is -0.155. The van der Waals surface area contributed by atoms with Gasteiger partial charge in [-0.3, -0.25) is 9.59 Å². The van der Waals surface area contributed by atoms with Crippen molar-refractivity contribution >= 4 is 36.0 Å². The number of rotatable bonds is 15. The third kappa shape index (κ3) is 12.0. The maximum atomic E-state index is 13.5. The first kappa shape index (κ1) is 36.9. The van der Waals surface area contributed by atoms with Crippen LogP contribution in [0.25, 0.3) is 6.08 Å². The molecule has 6 N–H and O–H groups in total. The average molecular weight is 657 g/mol. The first-order valence-electron chi connectivity index (χ1n) is 15.6. The molecule has 0 spiro atoms. The second kappa shape index (κ2) is 19.2. The normalized spacial score (nSPS) is 23.9. The number of cyclic esters (lactones) is 1. The molecule has 1 aromatic rings. The smallest absolute Gasteiger partial charge is 0.342 e. The highest BCUT2D eigenvalue weighted by molar-refractivity contribution is 5.96. The molecule has 2 amide bonds. The maximum absolute atomic E-state index is 13.5. The number of benzene rings is 1. The van der Waals surface area contributed by atoms with Crippen molar-refractivity contribution in [1.29, 1.82) is 0 Å². The number of fused-ring (bicyclic) bond motifs is 2. The summed E-state index contributed by atoms with van der Waals surface area (Å²) in [6.45, 7) is 2.28. The second-order valence-corrected chi connectivity index (χ2v) is 11.0. The van der Waals surface area contributed by atoms with Crippen LogP contribution in [-0.2, 0) is 33.4 Å². The van der Waals surface area contributed by atoms with Gasteiger partial charge in [-0.2, -0.15) is 0 Å². The molecule has 1 fully saturated rings. The van der Waals surface area contributed by atoms with Crippen LogP contribution < -0.4 is 16.4 Å². The van der Waals surface area contributed by atoms with E-state index < -0.39 is 54.4 Å². The number of allylic oxidation sites excluding steroid dienone is 1. The Morgan fingerprint density at radius 1 is 1.23 bits per heavy atom. The minimum Gasteiger partial charge on any atom is -0.507 e. The van der Waals surface area contributed by atoms with E-state index in [-0.39, 0.29) is 36.5 Å². The fourth-order valence-electron chi connectivity index (χ4n) is 4.95. The van der Waals surface area contributed by atoms with Gasteiger partial charge in [0, 0.05) is 31.5 Å². The third-order valence-corrected chi connectivity index (χ3v) is 7.34. The molecule has 0 aliphatic carbocycles. The first-order chi connectivity index (χ1) is 22.7. The van der Waals surface area contributed by atoms with Crippen LogP contribution in [0, 0.1) is 0 Å². The van der Waals surface area contributed by atoms with Crippen molar-refractivity contribution < 1.29 is 48.4 Å². The highest BCUT2D eigenvalue weighted by Gasteiger charge is 2.51. The van der Waals surface area contributed by atoms with Crippen molar-refractivity contribution in [3.8, 4) is 5.75 Å². The zero-order valence-corrected chi connectivity index (χ0v) is 26.6. The number of phenolic OH excluding ortho intramolecular Hbond substituents is 1. The van der Waals surface area contributed by atoms with Gasteiger partial charge in [0.2, 0.25) is 11.8 Å². The van der Waals surface area contributed by atoms with Gasteiger partial charge in [0.25, 0.3) is 0 Å². The minimum absolute atomic E-state index is 0.0535. The second-order valence-electron chi connectivity index (χ2n) is 11.0. The highest BCUT2D eigenvalue weighted by Crippen LogP contribution is 2.35. The number of oxime groups is 1. The van der Waals surface area contributed by atoms with Gasteiger partial charge in [0.05, 0.1) is 6.21 Å². The van der Waals surface area contributed by atoms with Gasteiger partial charge >= 0.3 is 11.9 Å². The van der Waals surface area contributed by atoms with Crippen molar-refractivity contribution in [2.24, 2.45) is 10.9 Å². The van der Waals surface area contributed by atoms with Crippen LogP contribution in [0.1, 0.15) is 67.8 Å². The summed E-state index contributed by atoms with van der Waals surface area (Å²) >= 11 is 0. The molecular weight excluding hydrogens is 612 g/mol. The molecule has 3 rings (SSSR count). The molecular formula is C33H44N4O10. The lowest BCUT2D eigenvalue weighted by Gasteiger charge is -2.26. The number of unbranched alkanes of at least 4 members (excludes halogenated alkanes) is 1. The van der Waals surface area contributed by atoms with E-state index in [2.05, 4.69) is 20.6 Å². The standard InChI is InChI=1S/C33H44N4O10/c1-3-9-28(41)37-23(12-4-5-17-34)32(42)46-26-20-22(11-7-18-35-27(40)14-8-19-36-44-2)45-33(43)29-21(10-6-13-24(29)38)15-16-25(39)30-31(26)47-30/h6-8,10,13-16,18-19,22-23,25-26,30-31,38-39H,3-5,9,11-12,17,20,34H2,1-2H3,(H,35,40)(H,37,41)/b14-8-,16-15+,18-7+,36-19+/t22-,23-,25-,26+,30-,31+/m0/s1. The molecule has 0 aromatic heterocycles. The number of hydrogen-bond acceptors (Lipinski definition) is 12. The average Bonchev–Trinajstić information content (AvgIpc) is 3.84. The molecule has 6 atom stereocenters. The van der Waals surface area contributed by atoms with E-state index in [1.807, 2.05) is 6.92 Å². The summed E-state index contributed by atoms with van der Waals surface area (Å²) in [5.41, 5.74) is 5.84. The summed E-state index contributed by atoms with van der Waals surface area (Å²) in [7, 11) is 1.37. The van der Waals surface area contributed by atoms with Crippen molar-refractivity contribution in [2.75, 3.05) is 13.7 Å². The van der Waals surface area contributed by atoms with Crippen LogP contribution in [-0.4, -0.2) is 90.4 Å². The molecule has 0 saturated carbocycles. The number of nitrogens with zero attached hydrogens (tertiary/aromatic N) is 1. The first-order valence-corrected chi connectivity index (χ1v) is 15.6. The number of amides is 2. The van der Waals surface area contributed by atoms with Crippen molar-refractivity contribution in [2.45, 2.75) is 88.4 Å². The number of hydrogen-bond donors (Lipinski definition) is 5. The molecule has 2 aliphatic rings. The fourth-order valence-corrected chi connectivity index (χ4v) is 4.95. The number of nitrogens with one attached hydrogen (secondary N) is 2. The number of ether oxygens (including phenoxy) is 3. The number of epoxide rings is 1. The Morgan fingerprint density at radius 2 is 2.04 bits per heavy atom. The van der Waals surface area contributed by atoms with Crippen LogP contribution >= 0.6 is 0 Å². The predicted molar refractivity (Wildman–Crippen MR) is 172 cm³/mol. The molecule has 0 unspecified atom stereocenters. The van der Waals surface area contributed by atoms with E-state index >= 15 is 0 Å². The van der Waals surface area contributed by atoms with Crippen LogP contribution in [0.5, 0.6) is 5.75 Å². The zero-order valence-electron chi connectivity index (χ0n) is 26.6. The molecule has 47 heavy (non-hydrogen) atoms. The van der Waals surface area contributed by atoms with E-state index in [1.54, 1.807) is 18.2 Å². The summed E-state index contributed by atoms with van der Waals surface area (Å²) in [5, 5.41) is 30.2. The Hall–Kier alpha value is -4.53. The predicted octanol–water partition coefficient (Wildman–Crippen LogP) is 2.00. The van der Waals surface area contributed by atoms with E-state index in [4.69, 9.17) is 19.9 Å². The van der Waals surface area contributed by atoms with Gasteiger partial charge in [-0.25, -0.2) is 9.59 Å². The summed E-state index contributed by atoms with van der Waals surface area (Å²) < 4.78 is 17.5. The minimum atomic E-state index is -1.12. The molecule has 256 valence electrons. The molecule has 2 aliphatic heterocycles. The summed E-state index contributed by atoms with van der Waals surface area (Å²) in [6.07, 6.45) is 7.63. The van der Waals surface area contributed by atoms with Crippen LogP contribution in [0.2, 0.25) is 0 Å². The zero-order chi connectivity index (χ0) is 34.2. The number of esters is 2. The molecule has 2 heterocycles. The van der Waals surface area contributed by atoms with Gasteiger partial charge in [-0.1, -0.05) is 42.4 Å². The number of aliphatic hydroxyl groups is 1. The van der Waals surface area contributed by atoms with Gasteiger partial charge in [-0.05, 0) is 49.9 Å². The number of aliphatic hydroxyl groups excluding tert-OH is 1. The Kier molecular flexibility index (Phi) is 15.1. The van der Waals surface area contributed by atoms with Gasteiger partial charge in [-0.15, -0.1) is 0 Å². The molecule has 14 heteroatoms. The Morgan fingerprint density at radius 3 is 2.79 bits per heavy atom. The van der Waals surface area contributed by atoms with Crippen LogP contribution in [0.4, 0.5) is 0 Å². The van der Waals surface area contributed by atoms with E-state index in [9.17, 15) is 29.4 Å². The lowest BCUT2D eigenvalue weighted by atomic mass is 9.99. The van der Waals surface area contributed by atoms with Crippen molar-refractivity contribution in [3.05, 3.63) is 59.8 Å². The molecule has 1 aromatic carbocycles. The van der Waals surface area contributed by atoms with E-state index in [1.165, 1.54) is 49.9 Å². The Labute approximate surface area is 273 Å². The van der Waals surface area contributed by atoms with Crippen LogP contribution in [0.15, 0.2) is 53.9 Å². The number of carbonyl (C=O) groups is 4. The fraction of sp³-hybridized carbons (Fsp3) is 0.485. The SMILES string of the molecule is CCCC(=O)N[C@@H](CCCCN)C(=O)O[C@@H]1C[C@H](C/C=C/NC(=O)/C=C\C=N\OC)OC(=O)c2c(O)cccc2/C=C/[C@H](O)[C@@H]2O[C@@H]21. The highest BCUT2D eigenvalue weighted by atomic mass is 16.6. The van der Waals surface area contributed by atoms with Crippen molar-refractivity contribution in [1.82, 2.24) is 10.6 Å². The summed E-state index contributed by atoms with van der Waals surface area (Å²) in [4.78, 5) is 55.9. The Balaban J connectivity index is 1.87. The van der Waals surface area contributed by atoms with Gasteiger partial charge < -0.3 is 45.6 Å². The van der Waals surface area contributed by atoms with E-state index in [0.717, 1.165) is 0 Å². The number of aromatic hydroxyl groups is 1. The molecule has 14 nitrogen and oxygen atoms in total. The van der Waals surface area contributed by atoms with E-state index in [0.29, 0.717) is 37.8 Å². The lowest BCUT2D eigenvalue weighted by Crippen LogP contribution is -2.44. The molecule has 0 radical (unpaired) electrons. The monoisotopic (exact) mass is 656 g/mol. The largest absolute Gasteiger partial charge is 0.507 e. The summed E-state index contributed by atoms with van der Waals surface area (Å²) in [5.74, 6) is -2.60. The molecule has 0 bridgehead atoms. The number of phenols is 1. The van der Waals surface area contributed by atoms with Crippen molar-refractivity contribution in [3.63, 3.8) is 0 Å². The van der Waals surface area contributed by atoms with Crippen LogP contribution in [0.3, 0.4) is 0 Å². The maximum Gasteiger partial charge on any atom is 0.342 e. The molecule has 1 saturated heterocycles. The number of carbonyl (C=O) groups excluding carboxylic acids is 4. The number of nitrogens with two attached hydrogens (primary N) is 1. The van der Waals surface area contributed by atoms with Gasteiger partial charge in [0.1, 0.15) is 55.0 Å². The third-order valence-electron chi connectivity index (χ3n) is 7.34. The van der Waals surface area contributed by atoms with Gasteiger partial charge in [0.15, 0.2) is 0 Å². The topological polar surface area (TPSA) is 211 Å². The Bertz CT molecular complexity index is 1340.